The Morgan fingerprint density at radius 3 is 2.54 bits per heavy atom. The number of ether oxygens (including phenoxy) is 1. The molecule has 6 nitrogen and oxygen atoms in total. The van der Waals surface area contributed by atoms with Crippen molar-refractivity contribution in [2.45, 2.75) is 19.5 Å². The van der Waals surface area contributed by atoms with E-state index >= 15 is 0 Å². The Morgan fingerprint density at radius 1 is 1.23 bits per heavy atom. The molecule has 26 heavy (non-hydrogen) atoms. The Kier molecular flexibility index (Phi) is 6.50. The van der Waals surface area contributed by atoms with E-state index in [4.69, 9.17) is 16.3 Å². The highest BCUT2D eigenvalue weighted by Gasteiger charge is 2.29. The summed E-state index contributed by atoms with van der Waals surface area (Å²) in [4.78, 5) is 12.6. The van der Waals surface area contributed by atoms with Gasteiger partial charge in [-0.15, -0.1) is 0 Å². The van der Waals surface area contributed by atoms with Gasteiger partial charge in [-0.1, -0.05) is 35.9 Å². The van der Waals surface area contributed by atoms with Gasteiger partial charge in [-0.25, -0.2) is 8.42 Å². The quantitative estimate of drug-likeness (QED) is 0.780. The first kappa shape index (κ1) is 20.1. The van der Waals surface area contributed by atoms with Crippen molar-refractivity contribution in [3.63, 3.8) is 0 Å². The van der Waals surface area contributed by atoms with Crippen molar-refractivity contribution in [3.8, 4) is 5.75 Å². The number of carbonyl (C=O) groups excluding carboxylic acids is 1. The number of anilines is 1. The third-order valence-corrected chi connectivity index (χ3v) is 5.27. The van der Waals surface area contributed by atoms with Gasteiger partial charge in [0.25, 0.3) is 0 Å². The molecule has 2 aromatic carbocycles. The molecule has 1 atom stereocenters. The van der Waals surface area contributed by atoms with E-state index in [0.717, 1.165) is 16.1 Å². The normalized spacial score (nSPS) is 12.3. The molecule has 0 heterocycles. The molecule has 1 N–H and O–H groups in total. The van der Waals surface area contributed by atoms with Crippen molar-refractivity contribution >= 4 is 33.2 Å². The summed E-state index contributed by atoms with van der Waals surface area (Å²) in [5.74, 6) is 0.219. The highest BCUT2D eigenvalue weighted by molar-refractivity contribution is 7.92. The van der Waals surface area contributed by atoms with Crippen molar-refractivity contribution < 1.29 is 17.9 Å². The van der Waals surface area contributed by atoms with Crippen LogP contribution in [0.5, 0.6) is 5.75 Å². The molecule has 0 fully saturated rings. The summed E-state index contributed by atoms with van der Waals surface area (Å²) in [6.07, 6.45) is 1.05. The number of rotatable bonds is 7. The van der Waals surface area contributed by atoms with Crippen molar-refractivity contribution in [1.82, 2.24) is 5.32 Å². The van der Waals surface area contributed by atoms with E-state index in [9.17, 15) is 13.2 Å². The number of amides is 1. The summed E-state index contributed by atoms with van der Waals surface area (Å²) in [6.45, 7) is 1.75. The summed E-state index contributed by atoms with van der Waals surface area (Å²) in [7, 11) is -2.14. The fourth-order valence-corrected chi connectivity index (χ4v) is 3.95. The van der Waals surface area contributed by atoms with Gasteiger partial charge in [0, 0.05) is 17.1 Å². The van der Waals surface area contributed by atoms with E-state index < -0.39 is 22.0 Å². The number of nitrogens with zero attached hydrogens (tertiary/aromatic N) is 1. The fourth-order valence-electron chi connectivity index (χ4n) is 2.60. The molecule has 0 bridgehead atoms. The summed E-state index contributed by atoms with van der Waals surface area (Å²) in [6, 6.07) is 12.7. The van der Waals surface area contributed by atoms with Crippen LogP contribution in [-0.2, 0) is 21.4 Å². The number of carbonyl (C=O) groups is 1. The number of nitrogens with one attached hydrogen (secondary N) is 1. The molecule has 0 aliphatic heterocycles. The predicted molar refractivity (Wildman–Crippen MR) is 103 cm³/mol. The Bertz CT molecular complexity index is 886. The molecular formula is C18H21ClN2O4S. The van der Waals surface area contributed by atoms with Crippen LogP contribution in [0.25, 0.3) is 0 Å². The predicted octanol–water partition coefficient (Wildman–Crippen LogP) is 2.82. The second kappa shape index (κ2) is 8.42. The van der Waals surface area contributed by atoms with Crippen molar-refractivity contribution in [2.24, 2.45) is 0 Å². The summed E-state index contributed by atoms with van der Waals surface area (Å²) >= 11 is 5.96. The third kappa shape index (κ3) is 4.89. The molecule has 1 amide bonds. The number of sulfonamides is 1. The molecule has 0 aliphatic carbocycles. The average Bonchev–Trinajstić information content (AvgIpc) is 2.58. The van der Waals surface area contributed by atoms with Gasteiger partial charge in [-0.3, -0.25) is 9.10 Å². The van der Waals surface area contributed by atoms with E-state index in [0.29, 0.717) is 16.5 Å². The topological polar surface area (TPSA) is 75.7 Å². The molecule has 2 aromatic rings. The SMILES string of the molecule is COc1ccccc1CNC(=O)[C@H](C)N(c1cccc(Cl)c1)S(C)(=O)=O. The maximum absolute atomic E-state index is 12.6. The Labute approximate surface area is 158 Å². The van der Waals surface area contributed by atoms with Gasteiger partial charge in [0.1, 0.15) is 11.8 Å². The van der Waals surface area contributed by atoms with Crippen molar-refractivity contribution in [3.05, 3.63) is 59.1 Å². The number of methoxy groups -OCH3 is 1. The van der Waals surface area contributed by atoms with Gasteiger partial charge in [-0.2, -0.15) is 0 Å². The third-order valence-electron chi connectivity index (χ3n) is 3.80. The smallest absolute Gasteiger partial charge is 0.243 e. The Hall–Kier alpha value is -2.25. The van der Waals surface area contributed by atoms with E-state index in [1.807, 2.05) is 18.2 Å². The number of benzene rings is 2. The van der Waals surface area contributed by atoms with E-state index in [-0.39, 0.29) is 6.54 Å². The lowest BCUT2D eigenvalue weighted by Crippen LogP contribution is -2.47. The lowest BCUT2D eigenvalue weighted by molar-refractivity contribution is -0.122. The average molecular weight is 397 g/mol. The minimum absolute atomic E-state index is 0.223. The summed E-state index contributed by atoms with van der Waals surface area (Å²) < 4.78 is 30.8. The second-order valence-electron chi connectivity index (χ2n) is 5.74. The molecule has 0 saturated heterocycles. The molecule has 0 radical (unpaired) electrons. The standard InChI is InChI=1S/C18H21ClN2O4S/c1-13(18(22)20-12-14-7-4-5-10-17(14)25-2)21(26(3,23)24)16-9-6-8-15(19)11-16/h4-11,13H,12H2,1-3H3,(H,20,22)/t13-/m0/s1. The van der Waals surface area contributed by atoms with Crippen LogP contribution in [0.1, 0.15) is 12.5 Å². The first-order valence-electron chi connectivity index (χ1n) is 7.88. The molecule has 0 aliphatic rings. The van der Waals surface area contributed by atoms with Crippen LogP contribution in [0.15, 0.2) is 48.5 Å². The molecule has 0 aromatic heterocycles. The van der Waals surface area contributed by atoms with Gasteiger partial charge in [0.15, 0.2) is 0 Å². The van der Waals surface area contributed by atoms with Crippen LogP contribution in [0.3, 0.4) is 0 Å². The highest BCUT2D eigenvalue weighted by atomic mass is 35.5. The molecule has 140 valence electrons. The molecule has 0 spiro atoms. The Morgan fingerprint density at radius 2 is 1.92 bits per heavy atom. The molecule has 2 rings (SSSR count). The van der Waals surface area contributed by atoms with Crippen LogP contribution in [-0.4, -0.2) is 33.7 Å². The van der Waals surface area contributed by atoms with Crippen molar-refractivity contribution in [2.75, 3.05) is 17.7 Å². The number of hydrogen-bond donors (Lipinski definition) is 1. The first-order valence-corrected chi connectivity index (χ1v) is 10.1. The van der Waals surface area contributed by atoms with Crippen LogP contribution >= 0.6 is 11.6 Å². The monoisotopic (exact) mass is 396 g/mol. The fraction of sp³-hybridized carbons (Fsp3) is 0.278. The highest BCUT2D eigenvalue weighted by Crippen LogP contribution is 2.24. The lowest BCUT2D eigenvalue weighted by Gasteiger charge is -2.28. The van der Waals surface area contributed by atoms with Gasteiger partial charge in [0.05, 0.1) is 19.1 Å². The number of para-hydroxylation sites is 1. The van der Waals surface area contributed by atoms with E-state index in [1.165, 1.54) is 13.0 Å². The van der Waals surface area contributed by atoms with Gasteiger partial charge >= 0.3 is 0 Å². The minimum Gasteiger partial charge on any atom is -0.496 e. The van der Waals surface area contributed by atoms with E-state index in [1.54, 1.807) is 31.4 Å². The lowest BCUT2D eigenvalue weighted by atomic mass is 10.2. The van der Waals surface area contributed by atoms with Crippen LogP contribution < -0.4 is 14.4 Å². The zero-order valence-corrected chi connectivity index (χ0v) is 16.3. The van der Waals surface area contributed by atoms with Crippen LogP contribution in [0, 0.1) is 0 Å². The molecule has 8 heteroatoms. The Balaban J connectivity index is 2.20. The van der Waals surface area contributed by atoms with Gasteiger partial charge in [0.2, 0.25) is 15.9 Å². The first-order chi connectivity index (χ1) is 12.2. The molecular weight excluding hydrogens is 376 g/mol. The largest absolute Gasteiger partial charge is 0.496 e. The van der Waals surface area contributed by atoms with Crippen LogP contribution in [0.4, 0.5) is 5.69 Å². The summed E-state index contributed by atoms with van der Waals surface area (Å²) in [5, 5.41) is 3.14. The van der Waals surface area contributed by atoms with Crippen molar-refractivity contribution in [1.29, 1.82) is 0 Å². The number of halogens is 1. The van der Waals surface area contributed by atoms with Gasteiger partial charge < -0.3 is 10.1 Å². The molecule has 0 saturated carbocycles. The van der Waals surface area contributed by atoms with E-state index in [2.05, 4.69) is 5.32 Å². The van der Waals surface area contributed by atoms with Gasteiger partial charge in [-0.05, 0) is 31.2 Å². The maximum atomic E-state index is 12.6. The zero-order valence-electron chi connectivity index (χ0n) is 14.8. The zero-order chi connectivity index (χ0) is 19.3. The maximum Gasteiger partial charge on any atom is 0.243 e. The minimum atomic E-state index is -3.69. The molecule has 0 unspecified atom stereocenters. The summed E-state index contributed by atoms with van der Waals surface area (Å²) in [5.41, 5.74) is 1.13. The number of hydrogen-bond acceptors (Lipinski definition) is 4. The second-order valence-corrected chi connectivity index (χ2v) is 8.04. The van der Waals surface area contributed by atoms with Crippen LogP contribution in [0.2, 0.25) is 5.02 Å².